The molecular weight excluding hydrogens is 184 g/mol. The molecule has 0 aliphatic rings. The Kier molecular flexibility index (Phi) is 5.44. The molecule has 0 atom stereocenters. The van der Waals surface area contributed by atoms with Gasteiger partial charge in [0.15, 0.2) is 0 Å². The van der Waals surface area contributed by atoms with Crippen LogP contribution in [-0.4, -0.2) is 42.7 Å². The number of nitrogens with two attached hydrogens (primary N) is 1. The van der Waals surface area contributed by atoms with E-state index in [0.717, 1.165) is 13.0 Å². The minimum Gasteiger partial charge on any atom is -0.392 e. The van der Waals surface area contributed by atoms with Crippen molar-refractivity contribution < 1.29 is 4.74 Å². The Bertz CT molecular complexity index is 171. The Hall–Kier alpha value is -0.190. The van der Waals surface area contributed by atoms with Crippen LogP contribution in [0.3, 0.4) is 0 Å². The summed E-state index contributed by atoms with van der Waals surface area (Å²) in [5.41, 5.74) is 5.36. The molecule has 0 unspecified atom stereocenters. The summed E-state index contributed by atoms with van der Waals surface area (Å²) in [6, 6.07) is 0. The van der Waals surface area contributed by atoms with Gasteiger partial charge in [0.25, 0.3) is 0 Å². The molecule has 0 aliphatic heterocycles. The smallest absolute Gasteiger partial charge is 0.0869 e. The van der Waals surface area contributed by atoms with E-state index < -0.39 is 0 Å². The lowest BCUT2D eigenvalue weighted by Gasteiger charge is -2.25. The Morgan fingerprint density at radius 2 is 2.08 bits per heavy atom. The van der Waals surface area contributed by atoms with E-state index in [-0.39, 0.29) is 5.60 Å². The van der Waals surface area contributed by atoms with Gasteiger partial charge in [-0.2, -0.15) is 0 Å². The van der Waals surface area contributed by atoms with Crippen LogP contribution in [0.2, 0.25) is 0 Å². The van der Waals surface area contributed by atoms with Crippen LogP contribution in [0, 0.1) is 0 Å². The molecule has 78 valence electrons. The van der Waals surface area contributed by atoms with Gasteiger partial charge in [0.1, 0.15) is 0 Å². The first-order valence-electron chi connectivity index (χ1n) is 4.39. The summed E-state index contributed by atoms with van der Waals surface area (Å²) < 4.78 is 5.30. The van der Waals surface area contributed by atoms with E-state index in [0.29, 0.717) is 11.5 Å². The maximum absolute atomic E-state index is 5.42. The van der Waals surface area contributed by atoms with Crippen LogP contribution in [0.25, 0.3) is 0 Å². The zero-order valence-electron chi connectivity index (χ0n) is 8.96. The van der Waals surface area contributed by atoms with Crippen molar-refractivity contribution in [3.8, 4) is 0 Å². The topological polar surface area (TPSA) is 38.5 Å². The highest BCUT2D eigenvalue weighted by Crippen LogP contribution is 2.12. The van der Waals surface area contributed by atoms with E-state index in [1.165, 1.54) is 0 Å². The summed E-state index contributed by atoms with van der Waals surface area (Å²) in [6.45, 7) is 5.76. The molecule has 0 amide bonds. The predicted octanol–water partition coefficient (Wildman–Crippen LogP) is 1.02. The van der Waals surface area contributed by atoms with Crippen molar-refractivity contribution in [2.45, 2.75) is 25.9 Å². The van der Waals surface area contributed by atoms with Gasteiger partial charge in [0.05, 0.1) is 10.6 Å². The van der Waals surface area contributed by atoms with Crippen LogP contribution in [0.4, 0.5) is 0 Å². The van der Waals surface area contributed by atoms with Crippen molar-refractivity contribution in [2.24, 2.45) is 5.73 Å². The van der Waals surface area contributed by atoms with Crippen LogP contribution < -0.4 is 5.73 Å². The fourth-order valence-corrected chi connectivity index (χ4v) is 1.13. The molecule has 0 aromatic carbocycles. The second kappa shape index (κ2) is 5.52. The van der Waals surface area contributed by atoms with E-state index in [4.69, 9.17) is 22.7 Å². The van der Waals surface area contributed by atoms with Gasteiger partial charge in [-0.3, -0.25) is 4.90 Å². The van der Waals surface area contributed by atoms with Crippen LogP contribution in [0.1, 0.15) is 20.3 Å². The summed E-state index contributed by atoms with van der Waals surface area (Å²) in [5, 5.41) is 0. The van der Waals surface area contributed by atoms with Crippen molar-refractivity contribution in [3.05, 3.63) is 0 Å². The van der Waals surface area contributed by atoms with E-state index in [2.05, 4.69) is 18.7 Å². The Balaban J connectivity index is 3.69. The number of methoxy groups -OCH3 is 1. The normalized spacial score (nSPS) is 12.1. The minimum absolute atomic E-state index is 0.0650. The number of nitrogens with zero attached hydrogens (tertiary/aromatic N) is 1. The lowest BCUT2D eigenvalue weighted by atomic mass is 10.1. The van der Waals surface area contributed by atoms with Gasteiger partial charge in [0.2, 0.25) is 0 Å². The quantitative estimate of drug-likeness (QED) is 0.656. The number of ether oxygens (including phenoxy) is 1. The molecule has 0 saturated carbocycles. The Morgan fingerprint density at radius 1 is 1.54 bits per heavy atom. The zero-order valence-corrected chi connectivity index (χ0v) is 9.78. The standard InChI is InChI=1S/C9H20N2OS/c1-9(2,12-4)5-6-11(3)7-8(10)13/h5-7H2,1-4H3,(H2,10,13). The summed E-state index contributed by atoms with van der Waals surface area (Å²) in [5.74, 6) is 0. The van der Waals surface area contributed by atoms with E-state index in [1.54, 1.807) is 7.11 Å². The largest absolute Gasteiger partial charge is 0.392 e. The molecule has 0 saturated heterocycles. The molecule has 0 radical (unpaired) electrons. The average Bonchev–Trinajstić information content (AvgIpc) is 2.00. The first-order chi connectivity index (χ1) is 5.87. The third-order valence-electron chi connectivity index (χ3n) is 2.07. The van der Waals surface area contributed by atoms with Gasteiger partial charge >= 0.3 is 0 Å². The van der Waals surface area contributed by atoms with Gasteiger partial charge in [-0.25, -0.2) is 0 Å². The third kappa shape index (κ3) is 6.93. The van der Waals surface area contributed by atoms with Gasteiger partial charge < -0.3 is 10.5 Å². The van der Waals surface area contributed by atoms with Crippen molar-refractivity contribution in [3.63, 3.8) is 0 Å². The SMILES string of the molecule is COC(C)(C)CCN(C)CC(N)=S. The summed E-state index contributed by atoms with van der Waals surface area (Å²) >= 11 is 4.81. The van der Waals surface area contributed by atoms with E-state index in [1.807, 2.05) is 7.05 Å². The highest BCUT2D eigenvalue weighted by Gasteiger charge is 2.16. The fraction of sp³-hybridized carbons (Fsp3) is 0.889. The molecule has 4 heteroatoms. The second-order valence-corrected chi connectivity index (χ2v) is 4.44. The van der Waals surface area contributed by atoms with E-state index >= 15 is 0 Å². The number of hydrogen-bond acceptors (Lipinski definition) is 3. The van der Waals surface area contributed by atoms with Crippen molar-refractivity contribution >= 4 is 17.2 Å². The average molecular weight is 204 g/mol. The molecule has 0 aromatic rings. The van der Waals surface area contributed by atoms with Crippen LogP contribution in [0.15, 0.2) is 0 Å². The van der Waals surface area contributed by atoms with Crippen LogP contribution >= 0.6 is 12.2 Å². The maximum atomic E-state index is 5.42. The first kappa shape index (κ1) is 12.8. The maximum Gasteiger partial charge on any atom is 0.0869 e. The predicted molar refractivity (Wildman–Crippen MR) is 60.0 cm³/mol. The molecule has 0 fully saturated rings. The lowest BCUT2D eigenvalue weighted by Crippen LogP contribution is -2.34. The molecule has 0 heterocycles. The molecule has 0 aromatic heterocycles. The Morgan fingerprint density at radius 3 is 2.46 bits per heavy atom. The van der Waals surface area contributed by atoms with Gasteiger partial charge in [-0.1, -0.05) is 12.2 Å². The Labute approximate surface area is 86.2 Å². The van der Waals surface area contributed by atoms with E-state index in [9.17, 15) is 0 Å². The molecule has 13 heavy (non-hydrogen) atoms. The lowest BCUT2D eigenvalue weighted by molar-refractivity contribution is 0.01000. The minimum atomic E-state index is -0.0650. The number of rotatable bonds is 6. The zero-order chi connectivity index (χ0) is 10.5. The fourth-order valence-electron chi connectivity index (χ4n) is 0.907. The second-order valence-electron chi connectivity index (χ2n) is 3.92. The van der Waals surface area contributed by atoms with Gasteiger partial charge in [-0.15, -0.1) is 0 Å². The van der Waals surface area contributed by atoms with Crippen LogP contribution in [0.5, 0.6) is 0 Å². The highest BCUT2D eigenvalue weighted by atomic mass is 32.1. The number of likely N-dealkylation sites (N-methyl/N-ethyl adjacent to an activating group) is 1. The number of hydrogen-bond donors (Lipinski definition) is 1. The van der Waals surface area contributed by atoms with Crippen molar-refractivity contribution in [2.75, 3.05) is 27.2 Å². The summed E-state index contributed by atoms with van der Waals surface area (Å²) in [6.07, 6.45) is 0.975. The number of thiocarbonyl (C=S) groups is 1. The molecule has 3 nitrogen and oxygen atoms in total. The molecule has 0 spiro atoms. The summed E-state index contributed by atoms with van der Waals surface area (Å²) in [4.78, 5) is 2.64. The molecule has 0 rings (SSSR count). The molecular formula is C9H20N2OS. The van der Waals surface area contributed by atoms with Gasteiger partial charge in [0, 0.05) is 20.2 Å². The highest BCUT2D eigenvalue weighted by molar-refractivity contribution is 7.80. The van der Waals surface area contributed by atoms with Crippen molar-refractivity contribution in [1.82, 2.24) is 4.90 Å². The summed E-state index contributed by atoms with van der Waals surface area (Å²) in [7, 11) is 3.73. The first-order valence-corrected chi connectivity index (χ1v) is 4.80. The van der Waals surface area contributed by atoms with Crippen molar-refractivity contribution in [1.29, 1.82) is 0 Å². The monoisotopic (exact) mass is 204 g/mol. The molecule has 0 aliphatic carbocycles. The van der Waals surface area contributed by atoms with Gasteiger partial charge in [-0.05, 0) is 27.3 Å². The molecule has 2 N–H and O–H groups in total. The van der Waals surface area contributed by atoms with Crippen LogP contribution in [-0.2, 0) is 4.74 Å². The third-order valence-corrected chi connectivity index (χ3v) is 2.20. The molecule has 0 bridgehead atoms.